The molecule has 0 amide bonds. The molecule has 0 heterocycles. The molecule has 0 radical (unpaired) electrons. The average Bonchev–Trinajstić information content (AvgIpc) is 2.44. The molecular weight excluding hydrogens is 258 g/mol. The second-order valence-corrected chi connectivity index (χ2v) is 5.73. The summed E-state index contributed by atoms with van der Waals surface area (Å²) in [4.78, 5) is 0. The van der Waals surface area contributed by atoms with E-state index in [4.69, 9.17) is 16.3 Å². The van der Waals surface area contributed by atoms with E-state index in [0.29, 0.717) is 6.10 Å². The standard InChI is InChI=1S/C16H24ClNO/c17-15-7-4-6-14(12-15)13-18-10-5-11-19-16-8-2-1-3-9-16/h4,6-7,12,16,18H,1-3,5,8-11,13H2. The third-order valence-electron chi connectivity index (χ3n) is 3.62. The van der Waals surface area contributed by atoms with Gasteiger partial charge in [0.05, 0.1) is 6.10 Å². The van der Waals surface area contributed by atoms with E-state index in [0.717, 1.165) is 31.1 Å². The number of benzene rings is 1. The van der Waals surface area contributed by atoms with E-state index in [1.54, 1.807) is 0 Å². The lowest BCUT2D eigenvalue weighted by molar-refractivity contribution is 0.0273. The Morgan fingerprint density at radius 1 is 1.21 bits per heavy atom. The summed E-state index contributed by atoms with van der Waals surface area (Å²) in [5.74, 6) is 0. The summed E-state index contributed by atoms with van der Waals surface area (Å²) >= 11 is 5.95. The topological polar surface area (TPSA) is 21.3 Å². The number of ether oxygens (including phenoxy) is 1. The molecule has 3 heteroatoms. The highest BCUT2D eigenvalue weighted by molar-refractivity contribution is 6.30. The van der Waals surface area contributed by atoms with Gasteiger partial charge in [0.2, 0.25) is 0 Å². The fourth-order valence-corrected chi connectivity index (χ4v) is 2.77. The maximum absolute atomic E-state index is 5.95. The predicted molar refractivity (Wildman–Crippen MR) is 80.6 cm³/mol. The summed E-state index contributed by atoms with van der Waals surface area (Å²) in [6.07, 6.45) is 8.21. The van der Waals surface area contributed by atoms with Gasteiger partial charge in [0.1, 0.15) is 0 Å². The van der Waals surface area contributed by atoms with Gasteiger partial charge in [0.15, 0.2) is 0 Å². The maximum atomic E-state index is 5.95. The first-order valence-electron chi connectivity index (χ1n) is 7.41. The predicted octanol–water partition coefficient (Wildman–Crippen LogP) is 4.17. The van der Waals surface area contributed by atoms with E-state index in [9.17, 15) is 0 Å². The van der Waals surface area contributed by atoms with Gasteiger partial charge in [-0.2, -0.15) is 0 Å². The molecule has 0 aliphatic heterocycles. The zero-order valence-electron chi connectivity index (χ0n) is 11.5. The van der Waals surface area contributed by atoms with E-state index in [2.05, 4.69) is 11.4 Å². The van der Waals surface area contributed by atoms with Crippen LogP contribution in [0.1, 0.15) is 44.1 Å². The Balaban J connectivity index is 1.50. The minimum absolute atomic E-state index is 0.529. The third-order valence-corrected chi connectivity index (χ3v) is 3.86. The number of rotatable bonds is 7. The van der Waals surface area contributed by atoms with Crippen molar-refractivity contribution in [3.63, 3.8) is 0 Å². The monoisotopic (exact) mass is 281 g/mol. The van der Waals surface area contributed by atoms with Gasteiger partial charge in [-0.3, -0.25) is 0 Å². The Kier molecular flexibility index (Phi) is 6.69. The van der Waals surface area contributed by atoms with Crippen molar-refractivity contribution < 1.29 is 4.74 Å². The molecule has 1 aromatic carbocycles. The zero-order valence-corrected chi connectivity index (χ0v) is 12.3. The minimum Gasteiger partial charge on any atom is -0.378 e. The molecule has 1 N–H and O–H groups in total. The van der Waals surface area contributed by atoms with Gasteiger partial charge in [-0.05, 0) is 43.5 Å². The van der Waals surface area contributed by atoms with Gasteiger partial charge in [-0.1, -0.05) is 43.0 Å². The van der Waals surface area contributed by atoms with Crippen molar-refractivity contribution in [3.05, 3.63) is 34.9 Å². The number of hydrogen-bond donors (Lipinski definition) is 1. The SMILES string of the molecule is Clc1cccc(CNCCCOC2CCCCC2)c1. The van der Waals surface area contributed by atoms with Crippen LogP contribution in [0.2, 0.25) is 5.02 Å². The summed E-state index contributed by atoms with van der Waals surface area (Å²) < 4.78 is 5.89. The lowest BCUT2D eigenvalue weighted by Crippen LogP contribution is -2.20. The molecule has 1 aliphatic rings. The highest BCUT2D eigenvalue weighted by atomic mass is 35.5. The fourth-order valence-electron chi connectivity index (χ4n) is 2.56. The van der Waals surface area contributed by atoms with Gasteiger partial charge in [0.25, 0.3) is 0 Å². The van der Waals surface area contributed by atoms with Crippen LogP contribution in [0, 0.1) is 0 Å². The second kappa shape index (κ2) is 8.57. The van der Waals surface area contributed by atoms with Crippen LogP contribution in [0.4, 0.5) is 0 Å². The second-order valence-electron chi connectivity index (χ2n) is 5.29. The van der Waals surface area contributed by atoms with Gasteiger partial charge >= 0.3 is 0 Å². The van der Waals surface area contributed by atoms with Crippen molar-refractivity contribution in [2.75, 3.05) is 13.2 Å². The number of nitrogens with one attached hydrogen (secondary N) is 1. The Morgan fingerprint density at radius 3 is 2.84 bits per heavy atom. The lowest BCUT2D eigenvalue weighted by Gasteiger charge is -2.21. The van der Waals surface area contributed by atoms with Crippen LogP contribution in [0.25, 0.3) is 0 Å². The van der Waals surface area contributed by atoms with Gasteiger partial charge < -0.3 is 10.1 Å². The van der Waals surface area contributed by atoms with Crippen LogP contribution in [0.15, 0.2) is 24.3 Å². The lowest BCUT2D eigenvalue weighted by atomic mass is 9.98. The van der Waals surface area contributed by atoms with Crippen LogP contribution < -0.4 is 5.32 Å². The van der Waals surface area contributed by atoms with E-state index in [1.807, 2.05) is 18.2 Å². The van der Waals surface area contributed by atoms with Crippen LogP contribution in [-0.2, 0) is 11.3 Å². The summed E-state index contributed by atoms with van der Waals surface area (Å²) in [5, 5.41) is 4.23. The molecule has 2 rings (SSSR count). The van der Waals surface area contributed by atoms with Crippen LogP contribution >= 0.6 is 11.6 Å². The molecule has 1 aliphatic carbocycles. The van der Waals surface area contributed by atoms with Crippen molar-refractivity contribution in [2.45, 2.75) is 51.2 Å². The van der Waals surface area contributed by atoms with Crippen LogP contribution in [-0.4, -0.2) is 19.3 Å². The first-order chi connectivity index (χ1) is 9.34. The van der Waals surface area contributed by atoms with E-state index in [1.165, 1.54) is 37.7 Å². The first kappa shape index (κ1) is 14.8. The first-order valence-corrected chi connectivity index (χ1v) is 7.79. The highest BCUT2D eigenvalue weighted by Crippen LogP contribution is 2.20. The van der Waals surface area contributed by atoms with E-state index >= 15 is 0 Å². The molecule has 1 saturated carbocycles. The molecule has 0 atom stereocenters. The molecule has 1 fully saturated rings. The molecule has 2 nitrogen and oxygen atoms in total. The molecule has 19 heavy (non-hydrogen) atoms. The van der Waals surface area contributed by atoms with Crippen LogP contribution in [0.5, 0.6) is 0 Å². The molecule has 1 aromatic rings. The quantitative estimate of drug-likeness (QED) is 0.758. The summed E-state index contributed by atoms with van der Waals surface area (Å²) in [6, 6.07) is 8.00. The largest absolute Gasteiger partial charge is 0.378 e. The summed E-state index contributed by atoms with van der Waals surface area (Å²) in [7, 11) is 0. The van der Waals surface area contributed by atoms with Crippen LogP contribution in [0.3, 0.4) is 0 Å². The Morgan fingerprint density at radius 2 is 2.05 bits per heavy atom. The molecule has 0 unspecified atom stereocenters. The molecule has 0 spiro atoms. The summed E-state index contributed by atoms with van der Waals surface area (Å²) in [6.45, 7) is 2.76. The molecule has 0 saturated heterocycles. The van der Waals surface area contributed by atoms with Crippen molar-refractivity contribution in [2.24, 2.45) is 0 Å². The summed E-state index contributed by atoms with van der Waals surface area (Å²) in [5.41, 5.74) is 1.24. The molecule has 0 bridgehead atoms. The number of hydrogen-bond acceptors (Lipinski definition) is 2. The zero-order chi connectivity index (χ0) is 13.3. The smallest absolute Gasteiger partial charge is 0.0575 e. The molecular formula is C16H24ClNO. The van der Waals surface area contributed by atoms with Gasteiger partial charge in [0, 0.05) is 18.2 Å². The highest BCUT2D eigenvalue weighted by Gasteiger charge is 2.12. The fraction of sp³-hybridized carbons (Fsp3) is 0.625. The van der Waals surface area contributed by atoms with E-state index < -0.39 is 0 Å². The molecule has 106 valence electrons. The minimum atomic E-state index is 0.529. The Hall–Kier alpha value is -0.570. The normalized spacial score (nSPS) is 16.7. The van der Waals surface area contributed by atoms with Crippen molar-refractivity contribution in [1.82, 2.24) is 5.32 Å². The Labute approximate surface area is 121 Å². The number of halogens is 1. The van der Waals surface area contributed by atoms with Crippen molar-refractivity contribution >= 4 is 11.6 Å². The maximum Gasteiger partial charge on any atom is 0.0575 e. The van der Waals surface area contributed by atoms with E-state index in [-0.39, 0.29) is 0 Å². The average molecular weight is 282 g/mol. The van der Waals surface area contributed by atoms with Crippen molar-refractivity contribution in [1.29, 1.82) is 0 Å². The Bertz CT molecular complexity index is 364. The third kappa shape index (κ3) is 5.94. The van der Waals surface area contributed by atoms with Gasteiger partial charge in [-0.15, -0.1) is 0 Å². The van der Waals surface area contributed by atoms with Crippen molar-refractivity contribution in [3.8, 4) is 0 Å². The van der Waals surface area contributed by atoms with Gasteiger partial charge in [-0.25, -0.2) is 0 Å². The molecule has 0 aromatic heterocycles.